The Morgan fingerprint density at radius 1 is 1.19 bits per heavy atom. The molecule has 6 nitrogen and oxygen atoms in total. The molecular formula is C15H22N6. The molecule has 0 amide bonds. The summed E-state index contributed by atoms with van der Waals surface area (Å²) in [6.07, 6.45) is 7.62. The van der Waals surface area contributed by atoms with Crippen molar-refractivity contribution in [2.75, 3.05) is 18.0 Å². The van der Waals surface area contributed by atoms with E-state index >= 15 is 0 Å². The van der Waals surface area contributed by atoms with Gasteiger partial charge in [-0.15, -0.1) is 0 Å². The lowest BCUT2D eigenvalue weighted by Gasteiger charge is -2.28. The molecule has 0 aromatic carbocycles. The summed E-state index contributed by atoms with van der Waals surface area (Å²) in [4.78, 5) is 15.6. The summed E-state index contributed by atoms with van der Waals surface area (Å²) < 4.78 is 2.19. The van der Waals surface area contributed by atoms with Gasteiger partial charge in [-0.2, -0.15) is 0 Å². The van der Waals surface area contributed by atoms with Crippen LogP contribution in [0.2, 0.25) is 0 Å². The third-order valence-corrected chi connectivity index (χ3v) is 3.62. The van der Waals surface area contributed by atoms with Crippen molar-refractivity contribution in [2.45, 2.75) is 33.5 Å². The standard InChI is InChI=1S/C15H22N6/c1-12(2)7-16-8-13-9-19-14(10-18-13)21-6-5-20-4-3-17-15(20)11-21/h3-4,9-10,12,16H,5-8,11H2,1-2H3. The predicted molar refractivity (Wildman–Crippen MR) is 81.9 cm³/mol. The molecular weight excluding hydrogens is 264 g/mol. The molecule has 0 aliphatic carbocycles. The molecule has 1 aliphatic heterocycles. The smallest absolute Gasteiger partial charge is 0.147 e. The predicted octanol–water partition coefficient (Wildman–Crippen LogP) is 1.44. The second-order valence-corrected chi connectivity index (χ2v) is 5.85. The van der Waals surface area contributed by atoms with Crippen molar-refractivity contribution in [2.24, 2.45) is 5.92 Å². The number of hydrogen-bond donors (Lipinski definition) is 1. The average molecular weight is 286 g/mol. The van der Waals surface area contributed by atoms with Crippen molar-refractivity contribution >= 4 is 5.82 Å². The molecule has 3 heterocycles. The average Bonchev–Trinajstić information content (AvgIpc) is 2.95. The van der Waals surface area contributed by atoms with Crippen molar-refractivity contribution in [1.82, 2.24) is 24.8 Å². The Morgan fingerprint density at radius 3 is 2.86 bits per heavy atom. The maximum Gasteiger partial charge on any atom is 0.147 e. The van der Waals surface area contributed by atoms with Crippen LogP contribution in [0.1, 0.15) is 25.4 Å². The monoisotopic (exact) mass is 286 g/mol. The quantitative estimate of drug-likeness (QED) is 0.901. The van der Waals surface area contributed by atoms with E-state index in [0.717, 1.165) is 50.1 Å². The van der Waals surface area contributed by atoms with Crippen molar-refractivity contribution in [1.29, 1.82) is 0 Å². The fourth-order valence-electron chi connectivity index (χ4n) is 2.46. The van der Waals surface area contributed by atoms with E-state index in [1.807, 2.05) is 24.8 Å². The molecule has 0 fully saturated rings. The van der Waals surface area contributed by atoms with Gasteiger partial charge in [0, 0.05) is 32.0 Å². The Labute approximate surface area is 125 Å². The highest BCUT2D eigenvalue weighted by molar-refractivity contribution is 5.36. The second kappa shape index (κ2) is 6.22. The lowest BCUT2D eigenvalue weighted by Crippen LogP contribution is -2.34. The van der Waals surface area contributed by atoms with E-state index in [2.05, 4.69) is 43.6 Å². The first-order chi connectivity index (χ1) is 10.2. The molecule has 2 aromatic heterocycles. The van der Waals surface area contributed by atoms with Gasteiger partial charge in [0.2, 0.25) is 0 Å². The van der Waals surface area contributed by atoms with Gasteiger partial charge in [0.05, 0.1) is 24.6 Å². The summed E-state index contributed by atoms with van der Waals surface area (Å²) in [6, 6.07) is 0. The van der Waals surface area contributed by atoms with Crippen LogP contribution in [0.25, 0.3) is 0 Å². The highest BCUT2D eigenvalue weighted by atomic mass is 15.3. The van der Waals surface area contributed by atoms with E-state index in [-0.39, 0.29) is 0 Å². The van der Waals surface area contributed by atoms with Crippen molar-refractivity contribution in [3.8, 4) is 0 Å². The van der Waals surface area contributed by atoms with Crippen molar-refractivity contribution < 1.29 is 0 Å². The number of rotatable bonds is 5. The minimum absolute atomic E-state index is 0.648. The third-order valence-electron chi connectivity index (χ3n) is 3.62. The first-order valence-electron chi connectivity index (χ1n) is 7.49. The van der Waals surface area contributed by atoms with Crippen LogP contribution >= 0.6 is 0 Å². The fourth-order valence-corrected chi connectivity index (χ4v) is 2.46. The fraction of sp³-hybridized carbons (Fsp3) is 0.533. The van der Waals surface area contributed by atoms with E-state index in [4.69, 9.17) is 0 Å². The van der Waals surface area contributed by atoms with Crippen molar-refractivity contribution in [3.63, 3.8) is 0 Å². The van der Waals surface area contributed by atoms with Crippen LogP contribution in [0.15, 0.2) is 24.8 Å². The molecule has 21 heavy (non-hydrogen) atoms. The van der Waals surface area contributed by atoms with Crippen LogP contribution in [0, 0.1) is 5.92 Å². The Kier molecular flexibility index (Phi) is 4.15. The number of nitrogens with one attached hydrogen (secondary N) is 1. The van der Waals surface area contributed by atoms with Crippen LogP contribution in [0.5, 0.6) is 0 Å². The largest absolute Gasteiger partial charge is 0.346 e. The molecule has 0 spiro atoms. The molecule has 0 unspecified atom stereocenters. The summed E-state index contributed by atoms with van der Waals surface area (Å²) in [6.45, 7) is 8.86. The first kappa shape index (κ1) is 14.0. The van der Waals surface area contributed by atoms with Gasteiger partial charge in [-0.3, -0.25) is 4.98 Å². The molecule has 112 valence electrons. The molecule has 3 rings (SSSR count). The van der Waals surface area contributed by atoms with Gasteiger partial charge in [-0.05, 0) is 12.5 Å². The summed E-state index contributed by atoms with van der Waals surface area (Å²) in [5, 5.41) is 3.38. The van der Waals surface area contributed by atoms with Crippen LogP contribution in [0.4, 0.5) is 5.82 Å². The lowest BCUT2D eigenvalue weighted by molar-refractivity contribution is 0.545. The van der Waals surface area contributed by atoms with Gasteiger partial charge in [0.1, 0.15) is 11.6 Å². The molecule has 6 heteroatoms. The second-order valence-electron chi connectivity index (χ2n) is 5.85. The van der Waals surface area contributed by atoms with Crippen LogP contribution in [-0.2, 0) is 19.6 Å². The number of nitrogens with zero attached hydrogens (tertiary/aromatic N) is 5. The molecule has 1 aliphatic rings. The Bertz CT molecular complexity index is 574. The van der Waals surface area contributed by atoms with E-state index in [0.29, 0.717) is 5.92 Å². The van der Waals surface area contributed by atoms with E-state index in [1.165, 1.54) is 0 Å². The number of hydrogen-bond acceptors (Lipinski definition) is 5. The van der Waals surface area contributed by atoms with Crippen LogP contribution in [-0.4, -0.2) is 32.6 Å². The third kappa shape index (κ3) is 3.39. The molecule has 0 saturated heterocycles. The van der Waals surface area contributed by atoms with E-state index in [1.54, 1.807) is 0 Å². The number of anilines is 1. The van der Waals surface area contributed by atoms with E-state index < -0.39 is 0 Å². The van der Waals surface area contributed by atoms with Gasteiger partial charge in [-0.25, -0.2) is 9.97 Å². The van der Waals surface area contributed by atoms with Gasteiger partial charge in [0.15, 0.2) is 0 Å². The maximum absolute atomic E-state index is 4.54. The normalized spacial score (nSPS) is 14.5. The zero-order chi connectivity index (χ0) is 14.7. The number of aromatic nitrogens is 4. The highest BCUT2D eigenvalue weighted by Gasteiger charge is 2.17. The minimum atomic E-state index is 0.648. The van der Waals surface area contributed by atoms with Crippen LogP contribution in [0.3, 0.4) is 0 Å². The molecule has 2 aromatic rings. The van der Waals surface area contributed by atoms with Gasteiger partial charge in [-0.1, -0.05) is 13.8 Å². The van der Waals surface area contributed by atoms with Gasteiger partial charge in [0.25, 0.3) is 0 Å². The highest BCUT2D eigenvalue weighted by Crippen LogP contribution is 2.17. The number of imidazole rings is 1. The molecule has 1 N–H and O–H groups in total. The topological polar surface area (TPSA) is 58.9 Å². The molecule has 0 atom stereocenters. The first-order valence-corrected chi connectivity index (χ1v) is 7.49. The molecule has 0 saturated carbocycles. The Hall–Kier alpha value is -1.95. The Morgan fingerprint density at radius 2 is 2.10 bits per heavy atom. The lowest BCUT2D eigenvalue weighted by atomic mass is 10.2. The molecule has 0 bridgehead atoms. The van der Waals surface area contributed by atoms with Gasteiger partial charge < -0.3 is 14.8 Å². The SMILES string of the molecule is CC(C)CNCc1cnc(N2CCn3ccnc3C2)cn1. The summed E-state index contributed by atoms with van der Waals surface area (Å²) in [5.41, 5.74) is 0.984. The Balaban J connectivity index is 1.60. The minimum Gasteiger partial charge on any atom is -0.346 e. The van der Waals surface area contributed by atoms with Crippen molar-refractivity contribution in [3.05, 3.63) is 36.3 Å². The van der Waals surface area contributed by atoms with E-state index in [9.17, 15) is 0 Å². The molecule has 0 radical (unpaired) electrons. The van der Waals surface area contributed by atoms with Crippen LogP contribution < -0.4 is 10.2 Å². The summed E-state index contributed by atoms with van der Waals surface area (Å²) in [7, 11) is 0. The zero-order valence-electron chi connectivity index (χ0n) is 12.7. The van der Waals surface area contributed by atoms with Gasteiger partial charge >= 0.3 is 0 Å². The zero-order valence-corrected chi connectivity index (χ0v) is 12.7. The summed E-state index contributed by atoms with van der Waals surface area (Å²) in [5.74, 6) is 2.66. The number of fused-ring (bicyclic) bond motifs is 1. The maximum atomic E-state index is 4.54. The summed E-state index contributed by atoms with van der Waals surface area (Å²) >= 11 is 0.